The molecule has 7 nitrogen and oxygen atoms in total. The molecule has 1 heterocycles. The Hall–Kier alpha value is -2.12. The third-order valence-corrected chi connectivity index (χ3v) is 4.03. The third kappa shape index (κ3) is 6.72. The lowest BCUT2D eigenvalue weighted by molar-refractivity contribution is -0.139. The number of hydrogen-bond donors (Lipinski definition) is 3. The molecule has 7 heteroatoms. The van der Waals surface area contributed by atoms with E-state index in [0.717, 1.165) is 38.4 Å². The Kier molecular flexibility index (Phi) is 7.21. The summed E-state index contributed by atoms with van der Waals surface area (Å²) >= 11 is 0. The number of hydrogen-bond acceptors (Lipinski definition) is 4. The van der Waals surface area contributed by atoms with Gasteiger partial charge in [0.15, 0.2) is 0 Å². The van der Waals surface area contributed by atoms with Crippen LogP contribution in [0.25, 0.3) is 0 Å². The van der Waals surface area contributed by atoms with Crippen LogP contribution in [0.4, 0.5) is 10.5 Å². The summed E-state index contributed by atoms with van der Waals surface area (Å²) in [4.78, 5) is 25.5. The summed E-state index contributed by atoms with van der Waals surface area (Å²) in [6.45, 7) is 8.07. The fourth-order valence-corrected chi connectivity index (χ4v) is 2.73. The number of rotatable bonds is 7. The summed E-state index contributed by atoms with van der Waals surface area (Å²) in [6.07, 6.45) is 0.390. The number of carbonyl (C=O) groups is 2. The highest BCUT2D eigenvalue weighted by Crippen LogP contribution is 2.13. The summed E-state index contributed by atoms with van der Waals surface area (Å²) in [7, 11) is 0. The first-order chi connectivity index (χ1) is 11.9. The van der Waals surface area contributed by atoms with Crippen LogP contribution in [0.5, 0.6) is 0 Å². The van der Waals surface area contributed by atoms with Gasteiger partial charge in [-0.1, -0.05) is 26.0 Å². The highest BCUT2D eigenvalue weighted by molar-refractivity contribution is 5.92. The van der Waals surface area contributed by atoms with Crippen LogP contribution in [0.1, 0.15) is 25.8 Å². The number of carboxylic acid groups (broad SMARTS) is 1. The molecule has 1 atom stereocenters. The van der Waals surface area contributed by atoms with Crippen LogP contribution in [-0.2, 0) is 16.1 Å². The van der Waals surface area contributed by atoms with Gasteiger partial charge in [-0.15, -0.1) is 0 Å². The number of morpholine rings is 1. The van der Waals surface area contributed by atoms with Crippen LogP contribution >= 0.6 is 0 Å². The van der Waals surface area contributed by atoms with Gasteiger partial charge in [-0.3, -0.25) is 4.90 Å². The molecule has 0 aliphatic carbocycles. The molecule has 2 amide bonds. The molecule has 0 saturated carbocycles. The number of nitrogens with zero attached hydrogens (tertiary/aromatic N) is 1. The number of anilines is 1. The summed E-state index contributed by atoms with van der Waals surface area (Å²) < 4.78 is 5.33. The minimum Gasteiger partial charge on any atom is -0.480 e. The van der Waals surface area contributed by atoms with Gasteiger partial charge in [0.2, 0.25) is 0 Å². The van der Waals surface area contributed by atoms with Gasteiger partial charge in [-0.25, -0.2) is 9.59 Å². The molecule has 1 aromatic carbocycles. The molecule has 1 saturated heterocycles. The minimum atomic E-state index is -1.02. The number of carboxylic acids is 1. The maximum atomic E-state index is 12.0. The SMILES string of the molecule is CC(C)CC(NC(=O)Nc1ccc(CN2CCOCC2)cc1)C(=O)O. The van der Waals surface area contributed by atoms with Crippen LogP contribution in [-0.4, -0.2) is 54.4 Å². The first kappa shape index (κ1) is 19.2. The number of amides is 2. The van der Waals surface area contributed by atoms with Gasteiger partial charge in [-0.2, -0.15) is 0 Å². The molecular weight excluding hydrogens is 322 g/mol. The smallest absolute Gasteiger partial charge is 0.326 e. The average Bonchev–Trinajstić information content (AvgIpc) is 2.56. The number of aliphatic carboxylic acids is 1. The van der Waals surface area contributed by atoms with Crippen LogP contribution in [0.15, 0.2) is 24.3 Å². The average molecular weight is 349 g/mol. The summed E-state index contributed by atoms with van der Waals surface area (Å²) in [5.74, 6) is -0.842. The van der Waals surface area contributed by atoms with Crippen molar-refractivity contribution in [1.82, 2.24) is 10.2 Å². The molecule has 1 aliphatic rings. The van der Waals surface area contributed by atoms with Crippen molar-refractivity contribution in [3.8, 4) is 0 Å². The van der Waals surface area contributed by atoms with Crippen molar-refractivity contribution in [2.75, 3.05) is 31.6 Å². The van der Waals surface area contributed by atoms with Crippen LogP contribution in [0.2, 0.25) is 0 Å². The molecule has 1 aliphatic heterocycles. The summed E-state index contributed by atoms with van der Waals surface area (Å²) in [5, 5.41) is 14.4. The lowest BCUT2D eigenvalue weighted by atomic mass is 10.0. The van der Waals surface area contributed by atoms with Gasteiger partial charge >= 0.3 is 12.0 Å². The molecule has 0 bridgehead atoms. The highest BCUT2D eigenvalue weighted by atomic mass is 16.5. The first-order valence-corrected chi connectivity index (χ1v) is 8.63. The van der Waals surface area contributed by atoms with Crippen molar-refractivity contribution in [3.63, 3.8) is 0 Å². The second kappa shape index (κ2) is 9.39. The van der Waals surface area contributed by atoms with Crippen molar-refractivity contribution in [2.45, 2.75) is 32.9 Å². The van der Waals surface area contributed by atoms with Crippen molar-refractivity contribution >= 4 is 17.7 Å². The molecule has 3 N–H and O–H groups in total. The second-order valence-electron chi connectivity index (χ2n) is 6.70. The summed E-state index contributed by atoms with van der Waals surface area (Å²) in [6, 6.07) is 6.19. The number of nitrogens with one attached hydrogen (secondary N) is 2. The largest absolute Gasteiger partial charge is 0.480 e. The maximum Gasteiger partial charge on any atom is 0.326 e. The van der Waals surface area contributed by atoms with Crippen molar-refractivity contribution in [3.05, 3.63) is 29.8 Å². The van der Waals surface area contributed by atoms with Gasteiger partial charge < -0.3 is 20.5 Å². The fourth-order valence-electron chi connectivity index (χ4n) is 2.73. The third-order valence-electron chi connectivity index (χ3n) is 4.03. The van der Waals surface area contributed by atoms with Crippen molar-refractivity contribution in [1.29, 1.82) is 0 Å². The zero-order chi connectivity index (χ0) is 18.2. The van der Waals surface area contributed by atoms with Crippen LogP contribution < -0.4 is 10.6 Å². The van der Waals surface area contributed by atoms with Crippen molar-refractivity contribution in [2.24, 2.45) is 5.92 Å². The molecule has 25 heavy (non-hydrogen) atoms. The van der Waals surface area contributed by atoms with E-state index in [9.17, 15) is 14.7 Å². The minimum absolute atomic E-state index is 0.181. The fraction of sp³-hybridized carbons (Fsp3) is 0.556. The van der Waals surface area contributed by atoms with Gasteiger partial charge in [0.1, 0.15) is 6.04 Å². The maximum absolute atomic E-state index is 12.0. The Morgan fingerprint density at radius 3 is 2.40 bits per heavy atom. The second-order valence-corrected chi connectivity index (χ2v) is 6.70. The monoisotopic (exact) mass is 349 g/mol. The zero-order valence-corrected chi connectivity index (χ0v) is 14.8. The molecule has 2 rings (SSSR count). The molecule has 1 aromatic rings. The van der Waals surface area contributed by atoms with E-state index in [1.807, 2.05) is 38.1 Å². The highest BCUT2D eigenvalue weighted by Gasteiger charge is 2.21. The van der Waals surface area contributed by atoms with E-state index >= 15 is 0 Å². The van der Waals surface area contributed by atoms with E-state index in [1.165, 1.54) is 0 Å². The van der Waals surface area contributed by atoms with E-state index < -0.39 is 18.0 Å². The predicted octanol–water partition coefficient (Wildman–Crippen LogP) is 2.14. The van der Waals surface area contributed by atoms with Gasteiger partial charge in [0.05, 0.1) is 13.2 Å². The number of urea groups is 1. The van der Waals surface area contributed by atoms with E-state index in [-0.39, 0.29) is 5.92 Å². The Bertz CT molecular complexity index is 568. The predicted molar refractivity (Wildman–Crippen MR) is 95.6 cm³/mol. The lowest BCUT2D eigenvalue weighted by Gasteiger charge is -2.26. The normalized spacial score (nSPS) is 16.4. The van der Waals surface area contributed by atoms with E-state index in [2.05, 4.69) is 15.5 Å². The van der Waals surface area contributed by atoms with E-state index in [0.29, 0.717) is 12.1 Å². The molecule has 0 radical (unpaired) electrons. The van der Waals surface area contributed by atoms with E-state index in [4.69, 9.17) is 4.74 Å². The molecule has 1 fully saturated rings. The van der Waals surface area contributed by atoms with Crippen molar-refractivity contribution < 1.29 is 19.4 Å². The Morgan fingerprint density at radius 2 is 1.84 bits per heavy atom. The van der Waals surface area contributed by atoms with Gasteiger partial charge in [-0.05, 0) is 30.0 Å². The van der Waals surface area contributed by atoms with Gasteiger partial charge in [0.25, 0.3) is 0 Å². The van der Waals surface area contributed by atoms with Crippen LogP contribution in [0.3, 0.4) is 0 Å². The Labute approximate surface area is 148 Å². The Morgan fingerprint density at radius 1 is 1.20 bits per heavy atom. The molecule has 1 unspecified atom stereocenters. The number of ether oxygens (including phenoxy) is 1. The molecule has 0 spiro atoms. The lowest BCUT2D eigenvalue weighted by Crippen LogP contribution is -2.43. The first-order valence-electron chi connectivity index (χ1n) is 8.63. The topological polar surface area (TPSA) is 90.9 Å². The van der Waals surface area contributed by atoms with E-state index in [1.54, 1.807) is 0 Å². The molecule has 0 aromatic heterocycles. The number of benzene rings is 1. The molecule has 138 valence electrons. The quantitative estimate of drug-likeness (QED) is 0.702. The summed E-state index contributed by atoms with van der Waals surface area (Å²) in [5.41, 5.74) is 1.80. The Balaban J connectivity index is 1.84. The van der Waals surface area contributed by atoms with Gasteiger partial charge in [0, 0.05) is 25.3 Å². The zero-order valence-electron chi connectivity index (χ0n) is 14.8. The van der Waals surface area contributed by atoms with Crippen LogP contribution in [0, 0.1) is 5.92 Å². The molecular formula is C18H27N3O4. The standard InChI is InChI=1S/C18H27N3O4/c1-13(2)11-16(17(22)23)20-18(24)19-15-5-3-14(4-6-15)12-21-7-9-25-10-8-21/h3-6,13,16H,7-12H2,1-2H3,(H,22,23)(H2,19,20,24). The number of carbonyl (C=O) groups excluding carboxylic acids is 1.